The number of benzene rings is 7. The van der Waals surface area contributed by atoms with Crippen LogP contribution in [-0.4, -0.2) is 4.57 Å². The Kier molecular flexibility index (Phi) is 5.79. The molecule has 7 aromatic carbocycles. The summed E-state index contributed by atoms with van der Waals surface area (Å²) in [5.74, 6) is 0. The van der Waals surface area contributed by atoms with Gasteiger partial charge in [-0.15, -0.1) is 0 Å². The molecule has 1 aliphatic heterocycles. The van der Waals surface area contributed by atoms with Crippen molar-refractivity contribution >= 4 is 44.2 Å². The standard InChI is InChI=1S/C42H29NS/c1-2-32-25-31-16-11-21-39-42(31)43(32)37-26-30(22-23-38(37)44-39)41-35-19-8-6-17-33(35)40(34-18-7-9-20-36(34)41)29-15-10-14-28(24-29)27-12-4-3-5-13-27/h3-26H,2H2,1H3. The van der Waals surface area contributed by atoms with Gasteiger partial charge in [-0.25, -0.2) is 0 Å². The molecule has 0 saturated heterocycles. The SMILES string of the molecule is CCc1cc2cccc3c2n1-c1cc(-c2c4ccccc4c(-c4cccc(-c5ccccc5)c4)c4ccccc24)ccc1S3. The highest BCUT2D eigenvalue weighted by molar-refractivity contribution is 7.99. The van der Waals surface area contributed by atoms with E-state index in [1.165, 1.54) is 87.0 Å². The van der Waals surface area contributed by atoms with Crippen molar-refractivity contribution in [2.45, 2.75) is 23.1 Å². The molecule has 8 aromatic rings. The Bertz CT molecular complexity index is 2340. The quantitative estimate of drug-likeness (QED) is 0.188. The van der Waals surface area contributed by atoms with E-state index in [-0.39, 0.29) is 0 Å². The van der Waals surface area contributed by atoms with Crippen molar-refractivity contribution in [1.82, 2.24) is 4.57 Å². The highest BCUT2D eigenvalue weighted by atomic mass is 32.2. The van der Waals surface area contributed by atoms with E-state index >= 15 is 0 Å². The smallest absolute Gasteiger partial charge is 0.0671 e. The minimum atomic E-state index is 0.991. The lowest BCUT2D eigenvalue weighted by molar-refractivity contribution is 0.932. The van der Waals surface area contributed by atoms with Gasteiger partial charge in [-0.05, 0) is 91.7 Å². The molecule has 2 heterocycles. The average molecular weight is 580 g/mol. The van der Waals surface area contributed by atoms with Gasteiger partial charge in [-0.1, -0.05) is 134 Å². The third-order valence-corrected chi connectivity index (χ3v) is 10.2. The third-order valence-electron chi connectivity index (χ3n) is 9.12. The Morgan fingerprint density at radius 2 is 1.07 bits per heavy atom. The molecule has 0 N–H and O–H groups in total. The molecule has 44 heavy (non-hydrogen) atoms. The van der Waals surface area contributed by atoms with Gasteiger partial charge in [0.25, 0.3) is 0 Å². The van der Waals surface area contributed by atoms with Crippen LogP contribution in [-0.2, 0) is 6.42 Å². The molecule has 208 valence electrons. The van der Waals surface area contributed by atoms with Gasteiger partial charge in [0.2, 0.25) is 0 Å². The number of hydrogen-bond donors (Lipinski definition) is 0. The van der Waals surface area contributed by atoms with Crippen LogP contribution in [0.3, 0.4) is 0 Å². The molecule has 0 radical (unpaired) electrons. The van der Waals surface area contributed by atoms with E-state index < -0.39 is 0 Å². The maximum atomic E-state index is 2.51. The molecule has 0 aliphatic carbocycles. The number of para-hydroxylation sites is 1. The summed E-state index contributed by atoms with van der Waals surface area (Å²) in [5, 5.41) is 6.44. The van der Waals surface area contributed by atoms with Crippen molar-refractivity contribution in [1.29, 1.82) is 0 Å². The lowest BCUT2D eigenvalue weighted by Gasteiger charge is -2.23. The molecule has 9 rings (SSSR count). The number of nitrogens with zero attached hydrogens (tertiary/aromatic N) is 1. The Morgan fingerprint density at radius 3 is 1.75 bits per heavy atom. The molecule has 0 bridgehead atoms. The van der Waals surface area contributed by atoms with Crippen molar-refractivity contribution < 1.29 is 0 Å². The zero-order chi connectivity index (χ0) is 29.2. The number of aromatic nitrogens is 1. The minimum Gasteiger partial charge on any atom is -0.311 e. The van der Waals surface area contributed by atoms with Gasteiger partial charge in [0, 0.05) is 20.9 Å². The molecule has 0 unspecified atom stereocenters. The van der Waals surface area contributed by atoms with Gasteiger partial charge in [-0.2, -0.15) is 0 Å². The van der Waals surface area contributed by atoms with Crippen LogP contribution in [0.5, 0.6) is 0 Å². The van der Waals surface area contributed by atoms with E-state index in [0.717, 1.165) is 6.42 Å². The number of hydrogen-bond acceptors (Lipinski definition) is 1. The second-order valence-corrected chi connectivity index (χ2v) is 12.7. The number of aryl methyl sites for hydroxylation is 1. The lowest BCUT2D eigenvalue weighted by Crippen LogP contribution is -2.05. The molecular formula is C42H29NS. The van der Waals surface area contributed by atoms with E-state index in [9.17, 15) is 0 Å². The van der Waals surface area contributed by atoms with Crippen LogP contribution in [0, 0.1) is 0 Å². The first kappa shape index (κ1) is 25.4. The monoisotopic (exact) mass is 579 g/mol. The van der Waals surface area contributed by atoms with Gasteiger partial charge in [0.15, 0.2) is 0 Å². The summed E-state index contributed by atoms with van der Waals surface area (Å²) in [6.07, 6.45) is 0.991. The molecule has 0 fully saturated rings. The fourth-order valence-corrected chi connectivity index (χ4v) is 8.27. The predicted octanol–water partition coefficient (Wildman–Crippen LogP) is 12.0. The largest absolute Gasteiger partial charge is 0.311 e. The van der Waals surface area contributed by atoms with Crippen LogP contribution in [0.15, 0.2) is 155 Å². The molecule has 0 atom stereocenters. The zero-order valence-electron chi connectivity index (χ0n) is 24.4. The van der Waals surface area contributed by atoms with Crippen LogP contribution in [0.4, 0.5) is 0 Å². The summed E-state index contributed by atoms with van der Waals surface area (Å²) >= 11 is 1.89. The van der Waals surface area contributed by atoms with Crippen molar-refractivity contribution in [3.8, 4) is 39.1 Å². The van der Waals surface area contributed by atoms with E-state index in [2.05, 4.69) is 157 Å². The van der Waals surface area contributed by atoms with Gasteiger partial charge in [0.1, 0.15) is 0 Å². The molecular weight excluding hydrogens is 551 g/mol. The van der Waals surface area contributed by atoms with E-state index in [1.54, 1.807) is 0 Å². The molecule has 0 amide bonds. The van der Waals surface area contributed by atoms with E-state index in [0.29, 0.717) is 0 Å². The first-order chi connectivity index (χ1) is 21.8. The summed E-state index contributed by atoms with van der Waals surface area (Å²) in [4.78, 5) is 2.64. The van der Waals surface area contributed by atoms with Gasteiger partial charge in [0.05, 0.1) is 11.2 Å². The number of rotatable bonds is 4. The Labute approximate surface area is 261 Å². The second kappa shape index (κ2) is 10.0. The van der Waals surface area contributed by atoms with Gasteiger partial charge >= 0.3 is 0 Å². The highest BCUT2D eigenvalue weighted by Gasteiger charge is 2.23. The summed E-state index contributed by atoms with van der Waals surface area (Å²) in [6.45, 7) is 2.26. The van der Waals surface area contributed by atoms with Crippen molar-refractivity contribution in [3.63, 3.8) is 0 Å². The second-order valence-electron chi connectivity index (χ2n) is 11.6. The van der Waals surface area contributed by atoms with Crippen molar-refractivity contribution in [3.05, 3.63) is 151 Å². The van der Waals surface area contributed by atoms with E-state index in [4.69, 9.17) is 0 Å². The fourth-order valence-electron chi connectivity index (χ4n) is 7.19. The van der Waals surface area contributed by atoms with E-state index in [1.807, 2.05) is 11.8 Å². The molecule has 1 aromatic heterocycles. The van der Waals surface area contributed by atoms with Crippen LogP contribution in [0.25, 0.3) is 71.5 Å². The van der Waals surface area contributed by atoms with Crippen LogP contribution < -0.4 is 0 Å². The first-order valence-electron chi connectivity index (χ1n) is 15.3. The zero-order valence-corrected chi connectivity index (χ0v) is 25.2. The van der Waals surface area contributed by atoms with Crippen LogP contribution in [0.1, 0.15) is 12.6 Å². The molecule has 0 saturated carbocycles. The topological polar surface area (TPSA) is 4.93 Å². The summed E-state index contributed by atoms with van der Waals surface area (Å²) < 4.78 is 2.51. The van der Waals surface area contributed by atoms with Crippen LogP contribution >= 0.6 is 11.8 Å². The Hall–Kier alpha value is -5.05. The Morgan fingerprint density at radius 1 is 0.477 bits per heavy atom. The number of fused-ring (bicyclic) bond motifs is 4. The fraction of sp³-hybridized carbons (Fsp3) is 0.0476. The maximum absolute atomic E-state index is 2.51. The Balaban J connectivity index is 1.32. The van der Waals surface area contributed by atoms with Gasteiger partial charge < -0.3 is 4.57 Å². The molecule has 0 spiro atoms. The normalized spacial score (nSPS) is 12.2. The maximum Gasteiger partial charge on any atom is 0.0671 e. The third kappa shape index (κ3) is 3.81. The van der Waals surface area contributed by atoms with Crippen molar-refractivity contribution in [2.75, 3.05) is 0 Å². The minimum absolute atomic E-state index is 0.991. The predicted molar refractivity (Wildman–Crippen MR) is 188 cm³/mol. The van der Waals surface area contributed by atoms with Crippen LogP contribution in [0.2, 0.25) is 0 Å². The van der Waals surface area contributed by atoms with Crippen molar-refractivity contribution in [2.24, 2.45) is 0 Å². The first-order valence-corrected chi connectivity index (χ1v) is 16.2. The summed E-state index contributed by atoms with van der Waals surface area (Å²) in [7, 11) is 0. The average Bonchev–Trinajstić information content (AvgIpc) is 3.48. The molecule has 1 aliphatic rings. The van der Waals surface area contributed by atoms with Gasteiger partial charge in [-0.3, -0.25) is 0 Å². The highest BCUT2D eigenvalue weighted by Crippen LogP contribution is 2.48. The summed E-state index contributed by atoms with van der Waals surface area (Å²) in [6, 6.07) is 53.7. The molecule has 1 nitrogen and oxygen atoms in total. The summed E-state index contributed by atoms with van der Waals surface area (Å²) in [5.41, 5.74) is 11.5. The lowest BCUT2D eigenvalue weighted by atomic mass is 9.85. The molecule has 2 heteroatoms.